The quantitative estimate of drug-likeness (QED) is 0.872. The van der Waals surface area contributed by atoms with E-state index in [4.69, 9.17) is 0 Å². The number of nitrogens with one attached hydrogen (secondary N) is 2. The van der Waals surface area contributed by atoms with Gasteiger partial charge in [0.1, 0.15) is 5.82 Å². The molecule has 2 N–H and O–H groups in total. The number of aromatic nitrogens is 2. The van der Waals surface area contributed by atoms with Gasteiger partial charge in [0.2, 0.25) is 0 Å². The predicted octanol–water partition coefficient (Wildman–Crippen LogP) is 1.37. The maximum absolute atomic E-state index is 12.5. The van der Waals surface area contributed by atoms with Crippen LogP contribution in [0.1, 0.15) is 49.7 Å². The van der Waals surface area contributed by atoms with Crippen molar-refractivity contribution in [2.24, 2.45) is 0 Å². The van der Waals surface area contributed by atoms with Crippen LogP contribution in [-0.4, -0.2) is 51.5 Å². The Labute approximate surface area is 142 Å². The SMILES string of the molecule is CC[C@@H](CNC(=O)N1Cc2nc(C)[nH]c(=O)c2C1)N1CCCCC1. The van der Waals surface area contributed by atoms with Crippen LogP contribution in [0, 0.1) is 6.92 Å². The third kappa shape index (κ3) is 3.61. The lowest BCUT2D eigenvalue weighted by molar-refractivity contribution is 0.150. The highest BCUT2D eigenvalue weighted by atomic mass is 16.2. The molecule has 1 aromatic heterocycles. The highest BCUT2D eigenvalue weighted by Gasteiger charge is 2.28. The molecular formula is C17H27N5O2. The van der Waals surface area contributed by atoms with E-state index in [0.717, 1.165) is 25.2 Å². The van der Waals surface area contributed by atoms with Gasteiger partial charge in [-0.25, -0.2) is 9.78 Å². The fourth-order valence-corrected chi connectivity index (χ4v) is 3.67. The molecule has 0 bridgehead atoms. The second kappa shape index (κ2) is 7.34. The van der Waals surface area contributed by atoms with E-state index < -0.39 is 0 Å². The number of carbonyl (C=O) groups is 1. The van der Waals surface area contributed by atoms with Crippen LogP contribution in [0.4, 0.5) is 4.79 Å². The van der Waals surface area contributed by atoms with Crippen molar-refractivity contribution in [3.05, 3.63) is 27.4 Å². The number of amides is 2. The van der Waals surface area contributed by atoms with Gasteiger partial charge in [0.15, 0.2) is 0 Å². The van der Waals surface area contributed by atoms with Crippen LogP contribution in [-0.2, 0) is 13.1 Å². The average molecular weight is 333 g/mol. The molecule has 7 heteroatoms. The number of piperidine rings is 1. The smallest absolute Gasteiger partial charge is 0.318 e. The molecule has 3 heterocycles. The number of fused-ring (bicyclic) bond motifs is 1. The van der Waals surface area contributed by atoms with Crippen molar-refractivity contribution < 1.29 is 4.79 Å². The first kappa shape index (κ1) is 17.0. The minimum absolute atomic E-state index is 0.111. The third-order valence-electron chi connectivity index (χ3n) is 5.06. The Kier molecular flexibility index (Phi) is 5.18. The number of likely N-dealkylation sites (tertiary alicyclic amines) is 1. The van der Waals surface area contributed by atoms with Gasteiger partial charge in [-0.05, 0) is 39.3 Å². The summed E-state index contributed by atoms with van der Waals surface area (Å²) in [5.74, 6) is 0.595. The van der Waals surface area contributed by atoms with Crippen LogP contribution in [0.15, 0.2) is 4.79 Å². The van der Waals surface area contributed by atoms with Crippen molar-refractivity contribution in [3.8, 4) is 0 Å². The molecule has 3 rings (SSSR count). The highest BCUT2D eigenvalue weighted by molar-refractivity contribution is 5.74. The zero-order chi connectivity index (χ0) is 17.1. The summed E-state index contributed by atoms with van der Waals surface area (Å²) in [5, 5.41) is 3.05. The highest BCUT2D eigenvalue weighted by Crippen LogP contribution is 2.18. The lowest BCUT2D eigenvalue weighted by Gasteiger charge is -2.34. The monoisotopic (exact) mass is 333 g/mol. The van der Waals surface area contributed by atoms with Crippen LogP contribution in [0.25, 0.3) is 0 Å². The molecule has 0 spiro atoms. The molecule has 1 aromatic rings. The summed E-state index contributed by atoms with van der Waals surface area (Å²) in [6.45, 7) is 7.59. The van der Waals surface area contributed by atoms with Crippen molar-refractivity contribution in [2.75, 3.05) is 19.6 Å². The zero-order valence-electron chi connectivity index (χ0n) is 14.6. The van der Waals surface area contributed by atoms with Crippen LogP contribution in [0.3, 0.4) is 0 Å². The minimum atomic E-state index is -0.132. The van der Waals surface area contributed by atoms with Gasteiger partial charge in [-0.1, -0.05) is 13.3 Å². The molecule has 0 aliphatic carbocycles. The Morgan fingerprint density at radius 2 is 2.04 bits per heavy atom. The van der Waals surface area contributed by atoms with E-state index in [1.807, 2.05) is 0 Å². The maximum Gasteiger partial charge on any atom is 0.318 e. The van der Waals surface area contributed by atoms with Gasteiger partial charge < -0.3 is 15.2 Å². The standard InChI is InChI=1S/C17H27N5O2/c1-3-13(21-7-5-4-6-8-21)9-18-17(24)22-10-14-15(11-22)19-12(2)20-16(14)23/h13H,3-11H2,1-2H3,(H,18,24)(H,19,20,23)/t13-/m0/s1. The van der Waals surface area contributed by atoms with Gasteiger partial charge in [0, 0.05) is 12.6 Å². The van der Waals surface area contributed by atoms with Crippen molar-refractivity contribution in [1.82, 2.24) is 25.1 Å². The van der Waals surface area contributed by atoms with Crippen molar-refractivity contribution in [2.45, 2.75) is 58.7 Å². The Bertz CT molecular complexity index is 651. The van der Waals surface area contributed by atoms with E-state index in [-0.39, 0.29) is 11.6 Å². The number of H-pyrrole nitrogens is 1. The summed E-state index contributed by atoms with van der Waals surface area (Å²) in [6, 6.07) is 0.281. The van der Waals surface area contributed by atoms with Crippen LogP contribution >= 0.6 is 0 Å². The Morgan fingerprint density at radius 3 is 2.75 bits per heavy atom. The fraction of sp³-hybridized carbons (Fsp3) is 0.706. The fourth-order valence-electron chi connectivity index (χ4n) is 3.67. The number of carbonyl (C=O) groups excluding carboxylic acids is 1. The van der Waals surface area contributed by atoms with E-state index in [9.17, 15) is 9.59 Å². The van der Waals surface area contributed by atoms with Crippen molar-refractivity contribution >= 4 is 6.03 Å². The Hall–Kier alpha value is -1.89. The topological polar surface area (TPSA) is 81.3 Å². The van der Waals surface area contributed by atoms with Gasteiger partial charge in [-0.2, -0.15) is 0 Å². The molecular weight excluding hydrogens is 306 g/mol. The summed E-state index contributed by atoms with van der Waals surface area (Å²) < 4.78 is 0. The Balaban J connectivity index is 1.56. The van der Waals surface area contributed by atoms with Crippen LogP contribution < -0.4 is 10.9 Å². The summed E-state index contributed by atoms with van der Waals surface area (Å²) in [5.41, 5.74) is 1.20. The van der Waals surface area contributed by atoms with Gasteiger partial charge in [0.25, 0.3) is 5.56 Å². The van der Waals surface area contributed by atoms with Crippen LogP contribution in [0.2, 0.25) is 0 Å². The van der Waals surface area contributed by atoms with Gasteiger partial charge in [-0.15, -0.1) is 0 Å². The molecule has 132 valence electrons. The lowest BCUT2D eigenvalue weighted by atomic mass is 10.1. The largest absolute Gasteiger partial charge is 0.336 e. The van der Waals surface area contributed by atoms with E-state index in [0.29, 0.717) is 37.1 Å². The number of rotatable bonds is 4. The number of nitrogens with zero attached hydrogens (tertiary/aromatic N) is 3. The van der Waals surface area contributed by atoms with Crippen molar-refractivity contribution in [1.29, 1.82) is 0 Å². The van der Waals surface area contributed by atoms with Gasteiger partial charge >= 0.3 is 6.03 Å². The summed E-state index contributed by atoms with van der Waals surface area (Å²) in [6.07, 6.45) is 4.84. The van der Waals surface area contributed by atoms with E-state index in [1.165, 1.54) is 19.3 Å². The summed E-state index contributed by atoms with van der Waals surface area (Å²) in [4.78, 5) is 35.6. The number of aryl methyl sites for hydroxylation is 1. The first-order valence-corrected chi connectivity index (χ1v) is 8.94. The molecule has 1 fully saturated rings. The molecule has 24 heavy (non-hydrogen) atoms. The molecule has 2 aliphatic rings. The normalized spacial score (nSPS) is 19.2. The van der Waals surface area contributed by atoms with Crippen LogP contribution in [0.5, 0.6) is 0 Å². The van der Waals surface area contributed by atoms with E-state index in [1.54, 1.807) is 11.8 Å². The molecule has 0 saturated carbocycles. The average Bonchev–Trinajstić information content (AvgIpc) is 3.00. The van der Waals surface area contributed by atoms with E-state index in [2.05, 4.69) is 27.1 Å². The third-order valence-corrected chi connectivity index (χ3v) is 5.06. The lowest BCUT2D eigenvalue weighted by Crippen LogP contribution is -2.48. The summed E-state index contributed by atoms with van der Waals surface area (Å²) >= 11 is 0. The molecule has 0 aromatic carbocycles. The summed E-state index contributed by atoms with van der Waals surface area (Å²) in [7, 11) is 0. The Morgan fingerprint density at radius 1 is 1.29 bits per heavy atom. The number of hydrogen-bond acceptors (Lipinski definition) is 4. The van der Waals surface area contributed by atoms with E-state index >= 15 is 0 Å². The molecule has 2 aliphatic heterocycles. The molecule has 7 nitrogen and oxygen atoms in total. The number of aromatic amines is 1. The number of urea groups is 1. The predicted molar refractivity (Wildman–Crippen MR) is 91.7 cm³/mol. The first-order valence-electron chi connectivity index (χ1n) is 8.94. The molecule has 0 unspecified atom stereocenters. The van der Waals surface area contributed by atoms with Gasteiger partial charge in [-0.3, -0.25) is 9.69 Å². The molecule has 1 saturated heterocycles. The zero-order valence-corrected chi connectivity index (χ0v) is 14.6. The van der Waals surface area contributed by atoms with Crippen molar-refractivity contribution in [3.63, 3.8) is 0 Å². The number of hydrogen-bond donors (Lipinski definition) is 2. The minimum Gasteiger partial charge on any atom is -0.336 e. The molecule has 1 atom stereocenters. The molecule has 0 radical (unpaired) electrons. The first-order chi connectivity index (χ1) is 11.6. The maximum atomic E-state index is 12.5. The second-order valence-corrected chi connectivity index (χ2v) is 6.78. The van der Waals surface area contributed by atoms with Gasteiger partial charge in [0.05, 0.1) is 24.3 Å². The molecule has 2 amide bonds. The second-order valence-electron chi connectivity index (χ2n) is 6.78.